The van der Waals surface area contributed by atoms with Gasteiger partial charge in [0.05, 0.1) is 17.0 Å². The Morgan fingerprint density at radius 2 is 1.80 bits per heavy atom. The van der Waals surface area contributed by atoms with Crippen LogP contribution in [0, 0.1) is 17.5 Å². The van der Waals surface area contributed by atoms with E-state index in [1.807, 2.05) is 0 Å². The maximum Gasteiger partial charge on any atom is 0.237 e. The first-order chi connectivity index (χ1) is 19.7. The summed E-state index contributed by atoms with van der Waals surface area (Å²) >= 11 is 0. The zero-order valence-corrected chi connectivity index (χ0v) is 22.0. The number of nitrogens with zero attached hydrogens (tertiary/aromatic N) is 4. The number of halogens is 4. The van der Waals surface area contributed by atoms with Crippen molar-refractivity contribution < 1.29 is 30.7 Å². The van der Waals surface area contributed by atoms with E-state index in [9.17, 15) is 21.6 Å². The van der Waals surface area contributed by atoms with Gasteiger partial charge in [0.15, 0.2) is 17.4 Å². The van der Waals surface area contributed by atoms with Gasteiger partial charge in [-0.05, 0) is 35.9 Å². The Morgan fingerprint density at radius 3 is 2.59 bits per heavy atom. The Hall–Kier alpha value is -4.37. The van der Waals surface area contributed by atoms with Crippen LogP contribution in [0.15, 0.2) is 61.2 Å². The average Bonchev–Trinajstić information content (AvgIpc) is 2.95. The average molecular weight is 590 g/mol. The highest BCUT2D eigenvalue weighted by molar-refractivity contribution is 7.91. The zero-order chi connectivity index (χ0) is 29.0. The second kappa shape index (κ2) is 12.0. The largest absolute Gasteiger partial charge is 0.435 e. The van der Waals surface area contributed by atoms with Crippen molar-refractivity contribution >= 4 is 21.7 Å². The van der Waals surface area contributed by atoms with E-state index in [1.54, 1.807) is 16.9 Å². The van der Waals surface area contributed by atoms with Gasteiger partial charge < -0.3 is 15.4 Å². The first-order valence-corrected chi connectivity index (χ1v) is 14.0. The van der Waals surface area contributed by atoms with Crippen LogP contribution in [0.1, 0.15) is 12.0 Å². The third-order valence-electron chi connectivity index (χ3n) is 6.03. The maximum atomic E-state index is 15.0. The van der Waals surface area contributed by atoms with Crippen molar-refractivity contribution in [3.05, 3.63) is 84.2 Å². The minimum atomic E-state index is -4.30. The van der Waals surface area contributed by atoms with Crippen LogP contribution < -0.4 is 20.1 Å². The number of benzene rings is 1. The molecule has 1 unspecified atom stereocenters. The standard InChI is InChI=1S/C26H23F4N7O3S/c27-16-10-17(13-32-12-16)35-26-34-9-5-20(36-26)18-2-1-6-33-25(18)40-21-11-19(28)24(23(30)22(21)29)37-41(38,39)14-15-3-7-31-8-4-15/h1-9,11,16-17,32,37H,10,12-14H2,(H,34,35,36)/t16-,17?/m0/s1. The molecule has 15 heteroatoms. The SMILES string of the molecule is O=S(=O)(Cc1ccncc1)Nc1c(F)cc(Oc2ncccc2-c2ccnc(NC3CNC[C@@H](F)C3)n2)c(F)c1F. The molecule has 1 aliphatic rings. The van der Waals surface area contributed by atoms with E-state index >= 15 is 4.39 Å². The molecule has 1 fully saturated rings. The van der Waals surface area contributed by atoms with Crippen LogP contribution in [0.2, 0.25) is 0 Å². The number of hydrogen-bond donors (Lipinski definition) is 3. The molecule has 0 spiro atoms. The minimum Gasteiger partial charge on any atom is -0.435 e. The summed E-state index contributed by atoms with van der Waals surface area (Å²) in [7, 11) is -4.30. The van der Waals surface area contributed by atoms with Crippen LogP contribution in [-0.2, 0) is 15.8 Å². The molecule has 2 atom stereocenters. The zero-order valence-electron chi connectivity index (χ0n) is 21.2. The van der Waals surface area contributed by atoms with Crippen molar-refractivity contribution in [1.29, 1.82) is 0 Å². The number of sulfonamides is 1. The molecule has 0 radical (unpaired) electrons. The Labute approximate surface area is 232 Å². The fourth-order valence-electron chi connectivity index (χ4n) is 4.16. The summed E-state index contributed by atoms with van der Waals surface area (Å²) in [6.07, 6.45) is 4.74. The molecule has 1 saturated heterocycles. The summed E-state index contributed by atoms with van der Waals surface area (Å²) in [5.74, 6) is -6.36. The smallest absolute Gasteiger partial charge is 0.237 e. The Morgan fingerprint density at radius 1 is 1.00 bits per heavy atom. The number of alkyl halides is 1. The summed E-state index contributed by atoms with van der Waals surface area (Å²) in [5, 5.41) is 6.02. The molecule has 214 valence electrons. The summed E-state index contributed by atoms with van der Waals surface area (Å²) < 4.78 is 90.7. The summed E-state index contributed by atoms with van der Waals surface area (Å²) in [6, 6.07) is 7.70. The van der Waals surface area contributed by atoms with Crippen LogP contribution >= 0.6 is 0 Å². The number of pyridine rings is 2. The number of nitrogens with one attached hydrogen (secondary N) is 3. The quantitative estimate of drug-likeness (QED) is 0.194. The predicted octanol–water partition coefficient (Wildman–Crippen LogP) is 4.20. The highest BCUT2D eigenvalue weighted by Crippen LogP contribution is 2.36. The third kappa shape index (κ3) is 6.86. The van der Waals surface area contributed by atoms with Gasteiger partial charge in [0.1, 0.15) is 11.9 Å². The first kappa shape index (κ1) is 28.2. The van der Waals surface area contributed by atoms with Gasteiger partial charge in [0.2, 0.25) is 27.7 Å². The van der Waals surface area contributed by atoms with E-state index < -0.39 is 50.8 Å². The molecule has 1 aromatic carbocycles. The molecule has 0 saturated carbocycles. The molecular weight excluding hydrogens is 566 g/mol. The fraction of sp³-hybridized carbons (Fsp3) is 0.231. The Kier molecular flexibility index (Phi) is 8.26. The van der Waals surface area contributed by atoms with Crippen molar-refractivity contribution in [2.75, 3.05) is 23.1 Å². The van der Waals surface area contributed by atoms with E-state index in [2.05, 4.69) is 30.6 Å². The normalized spacial score (nSPS) is 17.2. The van der Waals surface area contributed by atoms with Crippen molar-refractivity contribution in [3.63, 3.8) is 0 Å². The Balaban J connectivity index is 1.38. The minimum absolute atomic E-state index is 0.199. The molecule has 0 amide bonds. The topological polar surface area (TPSA) is 131 Å². The number of rotatable bonds is 9. The summed E-state index contributed by atoms with van der Waals surface area (Å²) in [5.41, 5.74) is -0.357. The molecule has 0 bridgehead atoms. The molecular formula is C26H23F4N7O3S. The van der Waals surface area contributed by atoms with E-state index in [4.69, 9.17) is 4.74 Å². The number of aromatic nitrogens is 4. The lowest BCUT2D eigenvalue weighted by atomic mass is 10.1. The van der Waals surface area contributed by atoms with E-state index in [-0.39, 0.29) is 42.1 Å². The molecule has 41 heavy (non-hydrogen) atoms. The molecule has 4 heterocycles. The van der Waals surface area contributed by atoms with Gasteiger partial charge >= 0.3 is 0 Å². The molecule has 10 nitrogen and oxygen atoms in total. The van der Waals surface area contributed by atoms with Gasteiger partial charge in [-0.15, -0.1) is 0 Å². The van der Waals surface area contributed by atoms with Crippen LogP contribution in [0.5, 0.6) is 11.6 Å². The molecule has 5 rings (SSSR count). The predicted molar refractivity (Wildman–Crippen MR) is 142 cm³/mol. The number of anilines is 2. The second-order valence-corrected chi connectivity index (χ2v) is 10.9. The molecule has 3 N–H and O–H groups in total. The van der Waals surface area contributed by atoms with Crippen LogP contribution in [-0.4, -0.2) is 53.7 Å². The maximum absolute atomic E-state index is 15.0. The monoisotopic (exact) mass is 589 g/mol. The van der Waals surface area contributed by atoms with E-state index in [0.717, 1.165) is 0 Å². The lowest BCUT2D eigenvalue weighted by molar-refractivity contribution is 0.254. The number of hydrogen-bond acceptors (Lipinski definition) is 9. The van der Waals surface area contributed by atoms with Crippen molar-refractivity contribution in [3.8, 4) is 22.9 Å². The van der Waals surface area contributed by atoms with Gasteiger partial charge in [-0.2, -0.15) is 4.39 Å². The van der Waals surface area contributed by atoms with Gasteiger partial charge in [-0.3, -0.25) is 9.71 Å². The molecule has 4 aromatic rings. The van der Waals surface area contributed by atoms with Gasteiger partial charge in [-0.25, -0.2) is 36.5 Å². The van der Waals surface area contributed by atoms with Gasteiger partial charge in [0, 0.05) is 56.4 Å². The number of ether oxygens (including phenoxy) is 1. The Bertz CT molecular complexity index is 1650. The fourth-order valence-corrected chi connectivity index (χ4v) is 5.36. The number of piperidine rings is 1. The van der Waals surface area contributed by atoms with Crippen LogP contribution in [0.4, 0.5) is 29.2 Å². The summed E-state index contributed by atoms with van der Waals surface area (Å²) in [6.45, 7) is 0.785. The summed E-state index contributed by atoms with van der Waals surface area (Å²) in [4.78, 5) is 16.4. The second-order valence-electron chi connectivity index (χ2n) is 9.13. The van der Waals surface area contributed by atoms with Crippen molar-refractivity contribution in [1.82, 2.24) is 25.3 Å². The molecule has 3 aromatic heterocycles. The van der Waals surface area contributed by atoms with E-state index in [0.29, 0.717) is 18.2 Å². The van der Waals surface area contributed by atoms with E-state index in [1.165, 1.54) is 43.0 Å². The van der Waals surface area contributed by atoms with Gasteiger partial charge in [-0.1, -0.05) is 0 Å². The third-order valence-corrected chi connectivity index (χ3v) is 7.26. The first-order valence-electron chi connectivity index (χ1n) is 12.3. The lowest BCUT2D eigenvalue weighted by Gasteiger charge is -2.26. The lowest BCUT2D eigenvalue weighted by Crippen LogP contribution is -2.44. The highest BCUT2D eigenvalue weighted by Gasteiger charge is 2.26. The van der Waals surface area contributed by atoms with Crippen LogP contribution in [0.3, 0.4) is 0 Å². The highest BCUT2D eigenvalue weighted by atomic mass is 32.2. The van der Waals surface area contributed by atoms with Crippen molar-refractivity contribution in [2.45, 2.75) is 24.4 Å². The van der Waals surface area contributed by atoms with Gasteiger partial charge in [0.25, 0.3) is 0 Å². The van der Waals surface area contributed by atoms with Crippen molar-refractivity contribution in [2.24, 2.45) is 0 Å². The molecule has 0 aliphatic carbocycles. The molecule has 1 aliphatic heterocycles. The van der Waals surface area contributed by atoms with Crippen LogP contribution in [0.25, 0.3) is 11.3 Å².